The third kappa shape index (κ3) is 8.75. The molecule has 0 bridgehead atoms. The van der Waals surface area contributed by atoms with E-state index in [4.69, 9.17) is 4.74 Å². The highest BCUT2D eigenvalue weighted by Gasteiger charge is 2.43. The van der Waals surface area contributed by atoms with Crippen LogP contribution < -0.4 is 10.6 Å². The van der Waals surface area contributed by atoms with Crippen molar-refractivity contribution in [2.45, 2.75) is 131 Å². The summed E-state index contributed by atoms with van der Waals surface area (Å²) in [6.07, 6.45) is 4.62. The molecule has 2 rings (SSSR count). The second-order valence-corrected chi connectivity index (χ2v) is 12.8. The second kappa shape index (κ2) is 12.3. The van der Waals surface area contributed by atoms with E-state index in [1.807, 2.05) is 66.7 Å². The number of alkyl carbamates (subject to hydrolysis) is 1. The third-order valence-electron chi connectivity index (χ3n) is 6.87. The van der Waals surface area contributed by atoms with E-state index >= 15 is 0 Å². The van der Waals surface area contributed by atoms with Gasteiger partial charge in [0.25, 0.3) is 0 Å². The normalized spacial score (nSPS) is 16.6. The Kier molecular flexibility index (Phi) is 10.2. The standard InChI is InChI=1S/C30H49N3O4/c1-19(2)24(32-28(36)37-30(8,9)10)27(35)33(29(5,6)7)25(22-17-16-20(3)21(4)18-22)26(34)31-23-14-12-11-13-15-23/h16-19,23-25H,11-15H2,1-10H3,(H,31,34)(H,32,36). The molecule has 1 fully saturated rings. The van der Waals surface area contributed by atoms with E-state index < -0.39 is 29.3 Å². The van der Waals surface area contributed by atoms with Crippen LogP contribution in [0.3, 0.4) is 0 Å². The molecule has 2 N–H and O–H groups in total. The topological polar surface area (TPSA) is 87.7 Å². The minimum Gasteiger partial charge on any atom is -0.444 e. The molecule has 0 heterocycles. The van der Waals surface area contributed by atoms with Gasteiger partial charge in [-0.1, -0.05) is 51.3 Å². The largest absolute Gasteiger partial charge is 0.444 e. The summed E-state index contributed by atoms with van der Waals surface area (Å²) in [4.78, 5) is 42.6. The zero-order valence-electron chi connectivity index (χ0n) is 24.7. The number of amides is 3. The third-order valence-corrected chi connectivity index (χ3v) is 6.87. The van der Waals surface area contributed by atoms with Crippen LogP contribution in [0.5, 0.6) is 0 Å². The van der Waals surface area contributed by atoms with Crippen LogP contribution in [0, 0.1) is 19.8 Å². The van der Waals surface area contributed by atoms with Gasteiger partial charge < -0.3 is 20.3 Å². The molecule has 7 heteroatoms. The van der Waals surface area contributed by atoms with Crippen molar-refractivity contribution in [2.75, 3.05) is 0 Å². The molecule has 1 aliphatic rings. The molecule has 0 aromatic heterocycles. The van der Waals surface area contributed by atoms with E-state index in [0.29, 0.717) is 0 Å². The number of hydrogen-bond donors (Lipinski definition) is 2. The van der Waals surface area contributed by atoms with Crippen LogP contribution in [0.25, 0.3) is 0 Å². The molecule has 37 heavy (non-hydrogen) atoms. The van der Waals surface area contributed by atoms with E-state index in [0.717, 1.165) is 42.4 Å². The van der Waals surface area contributed by atoms with E-state index in [1.165, 1.54) is 6.42 Å². The zero-order chi connectivity index (χ0) is 28.1. The first-order chi connectivity index (χ1) is 17.0. The van der Waals surface area contributed by atoms with Crippen LogP contribution in [0.4, 0.5) is 4.79 Å². The smallest absolute Gasteiger partial charge is 0.408 e. The Morgan fingerprint density at radius 3 is 2.03 bits per heavy atom. The van der Waals surface area contributed by atoms with Gasteiger partial charge >= 0.3 is 6.09 Å². The van der Waals surface area contributed by atoms with Gasteiger partial charge in [0.1, 0.15) is 17.7 Å². The molecule has 0 saturated heterocycles. The van der Waals surface area contributed by atoms with Crippen LogP contribution in [-0.4, -0.2) is 46.0 Å². The first-order valence-corrected chi connectivity index (χ1v) is 13.7. The van der Waals surface area contributed by atoms with Crippen LogP contribution in [0.15, 0.2) is 18.2 Å². The molecule has 7 nitrogen and oxygen atoms in total. The van der Waals surface area contributed by atoms with E-state index in [-0.39, 0.29) is 23.8 Å². The fourth-order valence-corrected chi connectivity index (χ4v) is 4.82. The highest BCUT2D eigenvalue weighted by molar-refractivity contribution is 5.93. The fraction of sp³-hybridized carbons (Fsp3) is 0.700. The van der Waals surface area contributed by atoms with Crippen molar-refractivity contribution in [3.63, 3.8) is 0 Å². The number of ether oxygens (including phenoxy) is 1. The number of aryl methyl sites for hydroxylation is 2. The van der Waals surface area contributed by atoms with Gasteiger partial charge in [-0.05, 0) is 90.8 Å². The molecule has 2 atom stereocenters. The molecule has 0 radical (unpaired) electrons. The Labute approximate surface area is 224 Å². The second-order valence-electron chi connectivity index (χ2n) is 12.8. The molecule has 2 unspecified atom stereocenters. The Bertz CT molecular complexity index is 953. The summed E-state index contributed by atoms with van der Waals surface area (Å²) in [5, 5.41) is 6.04. The van der Waals surface area contributed by atoms with E-state index in [9.17, 15) is 14.4 Å². The summed E-state index contributed by atoms with van der Waals surface area (Å²) in [5.74, 6) is -0.708. The van der Waals surface area contributed by atoms with Gasteiger partial charge in [0.05, 0.1) is 0 Å². The number of nitrogens with zero attached hydrogens (tertiary/aromatic N) is 1. The predicted octanol–water partition coefficient (Wildman–Crippen LogP) is 5.97. The van der Waals surface area contributed by atoms with Crippen molar-refractivity contribution >= 4 is 17.9 Å². The first kappa shape index (κ1) is 30.7. The lowest BCUT2D eigenvalue weighted by Crippen LogP contribution is -2.60. The summed E-state index contributed by atoms with van der Waals surface area (Å²) in [7, 11) is 0. The van der Waals surface area contributed by atoms with E-state index in [2.05, 4.69) is 10.6 Å². The molecule has 0 aliphatic heterocycles. The fourth-order valence-electron chi connectivity index (χ4n) is 4.82. The molecular weight excluding hydrogens is 466 g/mol. The van der Waals surface area contributed by atoms with Gasteiger partial charge in [-0.25, -0.2) is 4.79 Å². The lowest BCUT2D eigenvalue weighted by atomic mass is 9.91. The monoisotopic (exact) mass is 515 g/mol. The molecule has 1 aromatic rings. The number of carbonyl (C=O) groups is 3. The number of nitrogens with one attached hydrogen (secondary N) is 2. The zero-order valence-corrected chi connectivity index (χ0v) is 24.7. The van der Waals surface area contributed by atoms with Gasteiger partial charge in [0, 0.05) is 11.6 Å². The van der Waals surface area contributed by atoms with Gasteiger partial charge in [-0.2, -0.15) is 0 Å². The van der Waals surface area contributed by atoms with Crippen molar-refractivity contribution in [3.05, 3.63) is 34.9 Å². The van der Waals surface area contributed by atoms with Crippen molar-refractivity contribution in [1.82, 2.24) is 15.5 Å². The molecule has 1 aromatic carbocycles. The van der Waals surface area contributed by atoms with E-state index in [1.54, 1.807) is 25.7 Å². The van der Waals surface area contributed by atoms with Gasteiger partial charge in [-0.3, -0.25) is 9.59 Å². The maximum absolute atomic E-state index is 14.3. The Balaban J connectivity index is 2.53. The summed E-state index contributed by atoms with van der Waals surface area (Å²) in [6, 6.07) is 4.34. The SMILES string of the molecule is Cc1ccc(C(C(=O)NC2CCCCC2)N(C(=O)C(NC(=O)OC(C)(C)C)C(C)C)C(C)(C)C)cc1C. The maximum atomic E-state index is 14.3. The van der Waals surface area contributed by atoms with Gasteiger partial charge in [0.15, 0.2) is 0 Å². The summed E-state index contributed by atoms with van der Waals surface area (Å²) in [6.45, 7) is 18.9. The highest BCUT2D eigenvalue weighted by atomic mass is 16.6. The average Bonchev–Trinajstić information content (AvgIpc) is 2.75. The van der Waals surface area contributed by atoms with Crippen LogP contribution >= 0.6 is 0 Å². The molecule has 1 saturated carbocycles. The number of benzene rings is 1. The maximum Gasteiger partial charge on any atom is 0.408 e. The van der Waals surface area contributed by atoms with Crippen LogP contribution in [-0.2, 0) is 14.3 Å². The average molecular weight is 516 g/mol. The predicted molar refractivity (Wildman–Crippen MR) is 148 cm³/mol. The Morgan fingerprint density at radius 2 is 1.54 bits per heavy atom. The summed E-state index contributed by atoms with van der Waals surface area (Å²) < 4.78 is 5.46. The van der Waals surface area contributed by atoms with Crippen LogP contribution in [0.1, 0.15) is 110 Å². The van der Waals surface area contributed by atoms with Crippen LogP contribution in [0.2, 0.25) is 0 Å². The molecule has 1 aliphatic carbocycles. The lowest BCUT2D eigenvalue weighted by Gasteiger charge is -2.44. The van der Waals surface area contributed by atoms with Gasteiger partial charge in [-0.15, -0.1) is 0 Å². The summed E-state index contributed by atoms with van der Waals surface area (Å²) in [5.41, 5.74) is 1.55. The quantitative estimate of drug-likeness (QED) is 0.468. The minimum atomic E-state index is -0.856. The first-order valence-electron chi connectivity index (χ1n) is 13.7. The molecule has 208 valence electrons. The number of rotatable bonds is 7. The summed E-state index contributed by atoms with van der Waals surface area (Å²) >= 11 is 0. The van der Waals surface area contributed by atoms with Crippen molar-refractivity contribution in [3.8, 4) is 0 Å². The van der Waals surface area contributed by atoms with Gasteiger partial charge in [0.2, 0.25) is 11.8 Å². The lowest BCUT2D eigenvalue weighted by molar-refractivity contribution is -0.149. The Morgan fingerprint density at radius 1 is 0.946 bits per heavy atom. The number of hydrogen-bond acceptors (Lipinski definition) is 4. The molecule has 3 amide bonds. The van der Waals surface area contributed by atoms with Crippen molar-refractivity contribution in [2.24, 2.45) is 5.92 Å². The molecule has 0 spiro atoms. The van der Waals surface area contributed by atoms with Crippen molar-refractivity contribution < 1.29 is 19.1 Å². The number of carbonyl (C=O) groups excluding carboxylic acids is 3. The van der Waals surface area contributed by atoms with Crippen molar-refractivity contribution in [1.29, 1.82) is 0 Å². The minimum absolute atomic E-state index is 0.105. The highest BCUT2D eigenvalue weighted by Crippen LogP contribution is 2.32. The molecular formula is C30H49N3O4. The Hall–Kier alpha value is -2.57.